The molecule has 0 aromatic heterocycles. The number of aryl methyl sites for hydroxylation is 1. The molecule has 0 radical (unpaired) electrons. The van der Waals surface area contributed by atoms with Crippen LogP contribution in [0.3, 0.4) is 0 Å². The number of benzene rings is 2. The number of ether oxygens (including phenoxy) is 2. The molecule has 0 unspecified atom stereocenters. The van der Waals surface area contributed by atoms with Gasteiger partial charge in [0.15, 0.2) is 0 Å². The predicted molar refractivity (Wildman–Crippen MR) is 95.3 cm³/mol. The average molecular weight is 334 g/mol. The lowest BCUT2D eigenvalue weighted by atomic mass is 10.2. The maximum atomic E-state index is 5.99. The minimum Gasteiger partial charge on any atom is -0.491 e. The van der Waals surface area contributed by atoms with E-state index in [0.29, 0.717) is 19.8 Å². The molecule has 124 valence electrons. The monoisotopic (exact) mass is 333 g/mol. The van der Waals surface area contributed by atoms with Gasteiger partial charge in [-0.15, -0.1) is 0 Å². The number of likely N-dealkylation sites (N-methyl/N-ethyl adjacent to an activating group) is 1. The Bertz CT molecular complexity index is 589. The van der Waals surface area contributed by atoms with Crippen LogP contribution in [0.4, 0.5) is 0 Å². The van der Waals surface area contributed by atoms with Crippen LogP contribution in [0.25, 0.3) is 0 Å². The van der Waals surface area contributed by atoms with Crippen molar-refractivity contribution in [1.82, 2.24) is 4.90 Å². The van der Waals surface area contributed by atoms with Gasteiger partial charge >= 0.3 is 0 Å². The highest BCUT2D eigenvalue weighted by Crippen LogP contribution is 2.20. The first kappa shape index (κ1) is 17.8. The Kier molecular flexibility index (Phi) is 7.40. The second-order valence-electron chi connectivity index (χ2n) is 5.60. The molecule has 0 N–H and O–H groups in total. The Morgan fingerprint density at radius 2 is 1.78 bits per heavy atom. The molecule has 2 aromatic carbocycles. The first-order valence-corrected chi connectivity index (χ1v) is 8.22. The SMILES string of the molecule is Cc1cc(OCCOCCN(C)Cc2ccccc2)ccc1Cl. The van der Waals surface area contributed by atoms with Crippen molar-refractivity contribution < 1.29 is 9.47 Å². The normalized spacial score (nSPS) is 11.0. The van der Waals surface area contributed by atoms with Crippen LogP contribution in [-0.4, -0.2) is 38.3 Å². The Hall–Kier alpha value is -1.55. The lowest BCUT2D eigenvalue weighted by Crippen LogP contribution is -2.23. The van der Waals surface area contributed by atoms with Crippen LogP contribution in [0.15, 0.2) is 48.5 Å². The van der Waals surface area contributed by atoms with E-state index < -0.39 is 0 Å². The zero-order valence-corrected chi connectivity index (χ0v) is 14.6. The Balaban J connectivity index is 1.56. The minimum absolute atomic E-state index is 0.545. The highest BCUT2D eigenvalue weighted by molar-refractivity contribution is 6.31. The molecule has 0 aliphatic heterocycles. The molecule has 0 saturated heterocycles. The summed E-state index contributed by atoms with van der Waals surface area (Å²) < 4.78 is 11.3. The van der Waals surface area contributed by atoms with Gasteiger partial charge in [0.05, 0.1) is 13.2 Å². The van der Waals surface area contributed by atoms with Crippen molar-refractivity contribution in [3.8, 4) is 5.75 Å². The molecule has 0 atom stereocenters. The third-order valence-corrected chi connectivity index (χ3v) is 3.96. The standard InChI is InChI=1S/C19H24ClNO2/c1-16-14-18(8-9-19(16)20)23-13-12-22-11-10-21(2)15-17-6-4-3-5-7-17/h3-9,14H,10-13,15H2,1-2H3. The Labute approximate surface area is 143 Å². The lowest BCUT2D eigenvalue weighted by molar-refractivity contribution is 0.0836. The number of halogens is 1. The van der Waals surface area contributed by atoms with Crippen LogP contribution in [0.5, 0.6) is 5.75 Å². The molecule has 4 heteroatoms. The largest absolute Gasteiger partial charge is 0.491 e. The van der Waals surface area contributed by atoms with Crippen molar-refractivity contribution in [3.63, 3.8) is 0 Å². The fourth-order valence-electron chi connectivity index (χ4n) is 2.22. The minimum atomic E-state index is 0.545. The van der Waals surface area contributed by atoms with Crippen molar-refractivity contribution >= 4 is 11.6 Å². The molecule has 2 rings (SSSR count). The van der Waals surface area contributed by atoms with E-state index >= 15 is 0 Å². The summed E-state index contributed by atoms with van der Waals surface area (Å²) in [7, 11) is 2.10. The topological polar surface area (TPSA) is 21.7 Å². The van der Waals surface area contributed by atoms with E-state index in [-0.39, 0.29) is 0 Å². The Morgan fingerprint density at radius 3 is 2.52 bits per heavy atom. The van der Waals surface area contributed by atoms with Crippen molar-refractivity contribution in [3.05, 3.63) is 64.7 Å². The van der Waals surface area contributed by atoms with Crippen molar-refractivity contribution in [1.29, 1.82) is 0 Å². The van der Waals surface area contributed by atoms with E-state index in [1.54, 1.807) is 0 Å². The fourth-order valence-corrected chi connectivity index (χ4v) is 2.34. The summed E-state index contributed by atoms with van der Waals surface area (Å²) in [5, 5.41) is 0.759. The van der Waals surface area contributed by atoms with Crippen molar-refractivity contribution in [2.75, 3.05) is 33.4 Å². The highest BCUT2D eigenvalue weighted by atomic mass is 35.5. The molecule has 0 spiro atoms. The second-order valence-corrected chi connectivity index (χ2v) is 6.00. The van der Waals surface area contributed by atoms with Gasteiger partial charge in [0.25, 0.3) is 0 Å². The summed E-state index contributed by atoms with van der Waals surface area (Å²) in [5.74, 6) is 0.830. The highest BCUT2D eigenvalue weighted by Gasteiger charge is 2.01. The predicted octanol–water partition coefficient (Wildman–Crippen LogP) is 4.18. The van der Waals surface area contributed by atoms with Gasteiger partial charge in [-0.25, -0.2) is 0 Å². The van der Waals surface area contributed by atoms with Crippen LogP contribution >= 0.6 is 11.6 Å². The quantitative estimate of drug-likeness (QED) is 0.643. The van der Waals surface area contributed by atoms with Crippen molar-refractivity contribution in [2.45, 2.75) is 13.5 Å². The van der Waals surface area contributed by atoms with E-state index in [0.717, 1.165) is 29.4 Å². The first-order chi connectivity index (χ1) is 11.1. The van der Waals surface area contributed by atoms with E-state index in [9.17, 15) is 0 Å². The van der Waals surface area contributed by atoms with Crippen LogP contribution in [0, 0.1) is 6.92 Å². The molecule has 23 heavy (non-hydrogen) atoms. The van der Waals surface area contributed by atoms with Crippen LogP contribution in [0.1, 0.15) is 11.1 Å². The molecule has 0 fully saturated rings. The van der Waals surface area contributed by atoms with Gasteiger partial charge in [0, 0.05) is 18.1 Å². The molecule has 0 aliphatic carbocycles. The molecule has 3 nitrogen and oxygen atoms in total. The average Bonchev–Trinajstić information content (AvgIpc) is 2.55. The fraction of sp³-hybridized carbons (Fsp3) is 0.368. The number of nitrogens with zero attached hydrogens (tertiary/aromatic N) is 1. The summed E-state index contributed by atoms with van der Waals surface area (Å²) in [5.41, 5.74) is 2.34. The molecule has 0 saturated carbocycles. The molecular formula is C19H24ClNO2. The number of hydrogen-bond donors (Lipinski definition) is 0. The van der Waals surface area contributed by atoms with Gasteiger partial charge in [-0.05, 0) is 43.3 Å². The van der Waals surface area contributed by atoms with Crippen molar-refractivity contribution in [2.24, 2.45) is 0 Å². The Morgan fingerprint density at radius 1 is 1.00 bits per heavy atom. The zero-order chi connectivity index (χ0) is 16.5. The lowest BCUT2D eigenvalue weighted by Gasteiger charge is -2.16. The first-order valence-electron chi connectivity index (χ1n) is 7.84. The summed E-state index contributed by atoms with van der Waals surface area (Å²) >= 11 is 5.99. The van der Waals surface area contributed by atoms with E-state index in [1.807, 2.05) is 31.2 Å². The van der Waals surface area contributed by atoms with Gasteiger partial charge in [-0.1, -0.05) is 41.9 Å². The maximum absolute atomic E-state index is 5.99. The second kappa shape index (κ2) is 9.56. The molecular weight excluding hydrogens is 310 g/mol. The number of hydrogen-bond acceptors (Lipinski definition) is 3. The van der Waals surface area contributed by atoms with Crippen LogP contribution in [0.2, 0.25) is 5.02 Å². The van der Waals surface area contributed by atoms with E-state index in [1.165, 1.54) is 5.56 Å². The third kappa shape index (κ3) is 6.61. The van der Waals surface area contributed by atoms with E-state index in [2.05, 4.69) is 36.2 Å². The van der Waals surface area contributed by atoms with Gasteiger partial charge in [0.2, 0.25) is 0 Å². The van der Waals surface area contributed by atoms with Crippen LogP contribution in [-0.2, 0) is 11.3 Å². The zero-order valence-electron chi connectivity index (χ0n) is 13.8. The molecule has 0 bridgehead atoms. The smallest absolute Gasteiger partial charge is 0.119 e. The molecule has 0 heterocycles. The van der Waals surface area contributed by atoms with E-state index in [4.69, 9.17) is 21.1 Å². The van der Waals surface area contributed by atoms with Gasteiger partial charge in [0.1, 0.15) is 12.4 Å². The molecule has 0 aliphatic rings. The third-order valence-electron chi connectivity index (χ3n) is 3.54. The van der Waals surface area contributed by atoms with Crippen LogP contribution < -0.4 is 4.74 Å². The summed E-state index contributed by atoms with van der Waals surface area (Å²) in [4.78, 5) is 2.25. The summed E-state index contributed by atoms with van der Waals surface area (Å²) in [6.45, 7) is 5.63. The maximum Gasteiger partial charge on any atom is 0.119 e. The molecule has 2 aromatic rings. The summed E-state index contributed by atoms with van der Waals surface area (Å²) in [6.07, 6.45) is 0. The van der Waals surface area contributed by atoms with Gasteiger partial charge in [-0.3, -0.25) is 4.90 Å². The number of rotatable bonds is 9. The van der Waals surface area contributed by atoms with Gasteiger partial charge < -0.3 is 9.47 Å². The van der Waals surface area contributed by atoms with Gasteiger partial charge in [-0.2, -0.15) is 0 Å². The summed E-state index contributed by atoms with van der Waals surface area (Å²) in [6, 6.07) is 16.1. The molecule has 0 amide bonds.